The van der Waals surface area contributed by atoms with E-state index in [1.54, 1.807) is 30.3 Å². The van der Waals surface area contributed by atoms with Crippen molar-refractivity contribution >= 4 is 34.2 Å². The number of ketones is 1. The van der Waals surface area contributed by atoms with Crippen molar-refractivity contribution in [1.29, 1.82) is 0 Å². The highest BCUT2D eigenvalue weighted by Crippen LogP contribution is 2.17. The minimum atomic E-state index is -0.282. The normalized spacial score (nSPS) is 10.8. The van der Waals surface area contributed by atoms with Crippen LogP contribution in [-0.2, 0) is 11.3 Å². The van der Waals surface area contributed by atoms with E-state index in [-0.39, 0.29) is 36.6 Å². The average Bonchev–Trinajstić information content (AvgIpc) is 2.66. The monoisotopic (exact) mass is 396 g/mol. The lowest BCUT2D eigenvalue weighted by molar-refractivity contribution is -0.121. The van der Waals surface area contributed by atoms with E-state index < -0.39 is 0 Å². The molecule has 0 aliphatic carbocycles. The largest absolute Gasteiger partial charge is 0.352 e. The van der Waals surface area contributed by atoms with Gasteiger partial charge in [-0.2, -0.15) is 0 Å². The maximum Gasteiger partial charge on any atom is 0.253 e. The number of H-pyrrole nitrogens is 1. The summed E-state index contributed by atoms with van der Waals surface area (Å²) in [6, 6.07) is 12.4. The molecule has 6 heteroatoms. The van der Waals surface area contributed by atoms with E-state index in [0.717, 1.165) is 22.0 Å². The molecule has 28 heavy (non-hydrogen) atoms. The minimum absolute atomic E-state index is 0.0507. The van der Waals surface area contributed by atoms with Gasteiger partial charge in [-0.1, -0.05) is 23.7 Å². The van der Waals surface area contributed by atoms with Gasteiger partial charge in [-0.05, 0) is 60.7 Å². The van der Waals surface area contributed by atoms with Gasteiger partial charge >= 0.3 is 0 Å². The van der Waals surface area contributed by atoms with E-state index in [0.29, 0.717) is 16.1 Å². The molecule has 5 nitrogen and oxygen atoms in total. The Bertz CT molecular complexity index is 1120. The highest BCUT2D eigenvalue weighted by molar-refractivity contribution is 6.31. The molecular weight excluding hydrogens is 376 g/mol. The van der Waals surface area contributed by atoms with Gasteiger partial charge in [0.25, 0.3) is 5.56 Å². The Hall–Kier alpha value is -2.92. The van der Waals surface area contributed by atoms with Gasteiger partial charge in [0.1, 0.15) is 0 Å². The fraction of sp³-hybridized carbons (Fsp3) is 0.227. The third-order valence-corrected chi connectivity index (χ3v) is 4.97. The van der Waals surface area contributed by atoms with Gasteiger partial charge in [-0.15, -0.1) is 0 Å². The van der Waals surface area contributed by atoms with E-state index in [4.69, 9.17) is 11.6 Å². The first-order valence-corrected chi connectivity index (χ1v) is 9.40. The molecule has 3 aromatic rings. The van der Waals surface area contributed by atoms with Crippen LogP contribution >= 0.6 is 11.6 Å². The van der Waals surface area contributed by atoms with Crippen LogP contribution in [0.15, 0.2) is 47.3 Å². The van der Waals surface area contributed by atoms with Crippen LogP contribution in [-0.4, -0.2) is 16.7 Å². The average molecular weight is 397 g/mol. The Morgan fingerprint density at radius 2 is 1.79 bits per heavy atom. The zero-order valence-electron chi connectivity index (χ0n) is 15.8. The third-order valence-electron chi connectivity index (χ3n) is 4.74. The molecule has 2 N–H and O–H groups in total. The summed E-state index contributed by atoms with van der Waals surface area (Å²) in [4.78, 5) is 39.3. The molecule has 2 aromatic carbocycles. The van der Waals surface area contributed by atoms with Crippen LogP contribution in [0.3, 0.4) is 0 Å². The molecule has 3 rings (SSSR count). The van der Waals surface area contributed by atoms with Crippen molar-refractivity contribution < 1.29 is 9.59 Å². The number of halogens is 1. The van der Waals surface area contributed by atoms with Crippen molar-refractivity contribution in [2.45, 2.75) is 33.2 Å². The van der Waals surface area contributed by atoms with Crippen LogP contribution in [0.4, 0.5) is 0 Å². The Morgan fingerprint density at radius 3 is 2.54 bits per heavy atom. The second-order valence-electron chi connectivity index (χ2n) is 6.86. The molecule has 0 fully saturated rings. The summed E-state index contributed by atoms with van der Waals surface area (Å²) in [5.74, 6) is -0.429. The van der Waals surface area contributed by atoms with Crippen molar-refractivity contribution in [2.75, 3.05) is 0 Å². The maximum atomic E-state index is 12.3. The number of amides is 1. The van der Waals surface area contributed by atoms with Gasteiger partial charge in [-0.3, -0.25) is 14.4 Å². The Labute approximate surface area is 167 Å². The summed E-state index contributed by atoms with van der Waals surface area (Å²) >= 11 is 5.88. The zero-order chi connectivity index (χ0) is 20.3. The van der Waals surface area contributed by atoms with Crippen molar-refractivity contribution in [3.63, 3.8) is 0 Å². The molecule has 0 spiro atoms. The number of carbonyl (C=O) groups excluding carboxylic acids is 2. The Morgan fingerprint density at radius 1 is 1.04 bits per heavy atom. The number of fused-ring (bicyclic) bond motifs is 1. The molecule has 0 saturated carbocycles. The van der Waals surface area contributed by atoms with Crippen LogP contribution in [0.5, 0.6) is 0 Å². The quantitative estimate of drug-likeness (QED) is 0.616. The number of Topliss-reactive ketones (excluding diaryl/α,β-unsaturated/α-hetero) is 1. The predicted octanol–water partition coefficient (Wildman–Crippen LogP) is 4.08. The number of aryl methyl sites for hydroxylation is 2. The number of hydrogen-bond donors (Lipinski definition) is 2. The Balaban J connectivity index is 1.61. The topological polar surface area (TPSA) is 79.0 Å². The minimum Gasteiger partial charge on any atom is -0.352 e. The van der Waals surface area contributed by atoms with Gasteiger partial charge in [0.05, 0.1) is 0 Å². The van der Waals surface area contributed by atoms with Gasteiger partial charge in [-0.25, -0.2) is 0 Å². The van der Waals surface area contributed by atoms with Crippen molar-refractivity contribution in [3.8, 4) is 0 Å². The number of nitrogens with one attached hydrogen (secondary N) is 2. The number of hydrogen-bond acceptors (Lipinski definition) is 3. The number of pyridine rings is 1. The summed E-state index contributed by atoms with van der Waals surface area (Å²) in [7, 11) is 0. The summed E-state index contributed by atoms with van der Waals surface area (Å²) < 4.78 is 0. The third kappa shape index (κ3) is 4.67. The molecule has 1 aromatic heterocycles. The van der Waals surface area contributed by atoms with Crippen molar-refractivity contribution in [2.24, 2.45) is 0 Å². The molecule has 0 radical (unpaired) electrons. The lowest BCUT2D eigenvalue weighted by atomic mass is 10.0. The van der Waals surface area contributed by atoms with Crippen LogP contribution in [0.25, 0.3) is 10.9 Å². The molecule has 144 valence electrons. The highest BCUT2D eigenvalue weighted by Gasteiger charge is 2.11. The number of aromatic amines is 1. The zero-order valence-corrected chi connectivity index (χ0v) is 16.5. The summed E-state index contributed by atoms with van der Waals surface area (Å²) in [6.07, 6.45) is 0.133. The van der Waals surface area contributed by atoms with Crippen LogP contribution < -0.4 is 10.9 Å². The van der Waals surface area contributed by atoms with Crippen LogP contribution in [0.2, 0.25) is 5.02 Å². The molecule has 1 heterocycles. The van der Waals surface area contributed by atoms with E-state index in [9.17, 15) is 14.4 Å². The fourth-order valence-electron chi connectivity index (χ4n) is 2.97. The number of aromatic nitrogens is 1. The maximum absolute atomic E-state index is 12.3. The molecule has 0 saturated heterocycles. The molecule has 0 bridgehead atoms. The molecule has 0 atom stereocenters. The first-order chi connectivity index (χ1) is 13.3. The first-order valence-electron chi connectivity index (χ1n) is 9.02. The number of benzene rings is 2. The lowest BCUT2D eigenvalue weighted by Gasteiger charge is -2.08. The molecule has 1 amide bonds. The summed E-state index contributed by atoms with van der Waals surface area (Å²) in [5, 5.41) is 4.11. The predicted molar refractivity (Wildman–Crippen MR) is 111 cm³/mol. The van der Waals surface area contributed by atoms with E-state index in [1.807, 2.05) is 26.0 Å². The van der Waals surface area contributed by atoms with Crippen molar-refractivity contribution in [3.05, 3.63) is 80.1 Å². The lowest BCUT2D eigenvalue weighted by Crippen LogP contribution is -2.27. The molecule has 0 unspecified atom stereocenters. The first kappa shape index (κ1) is 19.8. The van der Waals surface area contributed by atoms with Gasteiger partial charge in [0, 0.05) is 41.1 Å². The van der Waals surface area contributed by atoms with E-state index in [2.05, 4.69) is 10.3 Å². The summed E-state index contributed by atoms with van der Waals surface area (Å²) in [6.45, 7) is 4.12. The van der Waals surface area contributed by atoms with Gasteiger partial charge in [0.2, 0.25) is 5.91 Å². The van der Waals surface area contributed by atoms with Gasteiger partial charge in [0.15, 0.2) is 5.78 Å². The van der Waals surface area contributed by atoms with E-state index in [1.165, 1.54) is 0 Å². The number of rotatable bonds is 6. The molecule has 0 aliphatic rings. The van der Waals surface area contributed by atoms with Crippen molar-refractivity contribution in [1.82, 2.24) is 10.3 Å². The smallest absolute Gasteiger partial charge is 0.253 e. The van der Waals surface area contributed by atoms with E-state index >= 15 is 0 Å². The van der Waals surface area contributed by atoms with Crippen LogP contribution in [0.1, 0.15) is 39.9 Å². The molecule has 0 aliphatic heterocycles. The van der Waals surface area contributed by atoms with Crippen LogP contribution in [0, 0.1) is 13.8 Å². The highest BCUT2D eigenvalue weighted by atomic mass is 35.5. The number of carbonyl (C=O) groups is 2. The second kappa shape index (κ2) is 8.40. The second-order valence-corrected chi connectivity index (χ2v) is 7.29. The fourth-order valence-corrected chi connectivity index (χ4v) is 3.16. The SMILES string of the molecule is Cc1cc2cc(CNC(=O)CCC(=O)c3cccc(Cl)c3)c(=O)[nH]c2cc1C. The van der Waals surface area contributed by atoms with Gasteiger partial charge < -0.3 is 10.3 Å². The Kier molecular flexibility index (Phi) is 5.95. The molecular formula is C22H21ClN2O3. The standard InChI is InChI=1S/C22H21ClN2O3/c1-13-8-16-10-17(22(28)25-19(16)9-14(13)2)12-24-21(27)7-6-20(26)15-4-3-5-18(23)11-15/h3-5,8-11H,6-7,12H2,1-2H3,(H,24,27)(H,25,28). The summed E-state index contributed by atoms with van der Waals surface area (Å²) in [5.41, 5.74) is 3.74.